The van der Waals surface area contributed by atoms with E-state index in [1.165, 1.54) is 11.1 Å². The molecule has 2 rings (SSSR count). The Bertz CT molecular complexity index is 436. The molecule has 2 aromatic rings. The molecule has 0 spiro atoms. The Morgan fingerprint density at radius 2 is 1.00 bits per heavy atom. The van der Waals surface area contributed by atoms with Gasteiger partial charge in [0.25, 0.3) is 0 Å². The van der Waals surface area contributed by atoms with Gasteiger partial charge >= 0.3 is 113 Å². The Labute approximate surface area is 113 Å². The zero-order chi connectivity index (χ0) is 11.8. The summed E-state index contributed by atoms with van der Waals surface area (Å²) < 4.78 is 4.61. The summed E-state index contributed by atoms with van der Waals surface area (Å²) in [6.45, 7) is 0. The summed E-state index contributed by atoms with van der Waals surface area (Å²) in [4.78, 5) is 0. The van der Waals surface area contributed by atoms with Crippen molar-refractivity contribution in [2.24, 2.45) is 0 Å². The van der Waals surface area contributed by atoms with Crippen LogP contribution in [0.3, 0.4) is 0 Å². The Balaban J connectivity index is 1.84. The van der Waals surface area contributed by atoms with Crippen molar-refractivity contribution in [3.8, 4) is 0 Å². The molecule has 17 heavy (non-hydrogen) atoms. The van der Waals surface area contributed by atoms with Gasteiger partial charge in [-0.3, -0.25) is 0 Å². The molecule has 84 valence electrons. The van der Waals surface area contributed by atoms with Gasteiger partial charge in [0.05, 0.1) is 0 Å². The molecule has 0 saturated carbocycles. The van der Waals surface area contributed by atoms with Crippen LogP contribution in [0.15, 0.2) is 68.9 Å². The van der Waals surface area contributed by atoms with E-state index in [0.29, 0.717) is 0 Å². The van der Waals surface area contributed by atoms with Crippen LogP contribution in [0.4, 0.5) is 0 Å². The van der Waals surface area contributed by atoms with Gasteiger partial charge in [-0.05, 0) is 0 Å². The summed E-state index contributed by atoms with van der Waals surface area (Å²) in [6.07, 6.45) is 4.41. The van der Waals surface area contributed by atoms with E-state index in [1.54, 1.807) is 0 Å². The summed E-state index contributed by atoms with van der Waals surface area (Å²) >= 11 is -0.161. The van der Waals surface area contributed by atoms with E-state index in [4.69, 9.17) is 0 Å². The number of hydrogen-bond donors (Lipinski definition) is 0. The van der Waals surface area contributed by atoms with Crippen molar-refractivity contribution in [2.75, 3.05) is 0 Å². The second-order valence-electron chi connectivity index (χ2n) is 3.56. The molecule has 0 aromatic heterocycles. The fourth-order valence-electron chi connectivity index (χ4n) is 1.41. The second kappa shape index (κ2) is 7.12. The Morgan fingerprint density at radius 3 is 1.41 bits per heavy atom. The monoisotopic (exact) mass is 336 g/mol. The van der Waals surface area contributed by atoms with Crippen molar-refractivity contribution < 1.29 is 0 Å². The predicted molar refractivity (Wildman–Crippen MR) is 76.7 cm³/mol. The molecule has 0 aliphatic rings. The molecule has 0 nitrogen and oxygen atoms in total. The summed E-state index contributed by atoms with van der Waals surface area (Å²) in [6, 6.07) is 20.9. The molecule has 0 fully saturated rings. The molecular weight excluding hydrogens is 320 g/mol. The van der Waals surface area contributed by atoms with Crippen molar-refractivity contribution in [3.63, 3.8) is 0 Å². The van der Waals surface area contributed by atoms with Gasteiger partial charge < -0.3 is 0 Å². The van der Waals surface area contributed by atoms with E-state index in [2.05, 4.69) is 68.9 Å². The fraction of sp³-hybridized carbons (Fsp3) is 0. The van der Waals surface area contributed by atoms with Gasteiger partial charge in [-0.15, -0.1) is 0 Å². The van der Waals surface area contributed by atoms with Gasteiger partial charge in [-0.25, -0.2) is 0 Å². The zero-order valence-electron chi connectivity index (χ0n) is 9.49. The molecule has 0 aliphatic carbocycles. The van der Waals surface area contributed by atoms with Crippen molar-refractivity contribution >= 4 is 33.1 Å². The maximum atomic E-state index is 2.31. The van der Waals surface area contributed by atoms with E-state index in [1.807, 2.05) is 12.1 Å². The molecule has 0 atom stereocenters. The molecule has 0 saturated heterocycles. The van der Waals surface area contributed by atoms with E-state index < -0.39 is 0 Å². The van der Waals surface area contributed by atoms with Gasteiger partial charge in [0, 0.05) is 0 Å². The molecule has 2 aromatic carbocycles. The Morgan fingerprint density at radius 1 is 0.588 bits per heavy atom. The molecule has 0 heterocycles. The zero-order valence-corrected chi connectivity index (χ0v) is 11.8. The molecule has 0 N–H and O–H groups in total. The van der Waals surface area contributed by atoms with Crippen LogP contribution < -0.4 is 0 Å². The van der Waals surface area contributed by atoms with Crippen LogP contribution in [0.5, 0.6) is 0 Å². The van der Waals surface area contributed by atoms with E-state index >= 15 is 0 Å². The molecule has 0 unspecified atom stereocenters. The quantitative estimate of drug-likeness (QED) is 0.741. The van der Waals surface area contributed by atoms with Crippen LogP contribution in [0, 0.1) is 0 Å². The molecule has 0 bridgehead atoms. The molecule has 1 heteroatoms. The maximum absolute atomic E-state index is 2.31. The minimum atomic E-state index is -0.161. The summed E-state index contributed by atoms with van der Waals surface area (Å²) in [7, 11) is 0. The van der Waals surface area contributed by atoms with E-state index in [0.717, 1.165) is 0 Å². The summed E-state index contributed by atoms with van der Waals surface area (Å²) in [5, 5.41) is 0. The van der Waals surface area contributed by atoms with Crippen molar-refractivity contribution in [1.29, 1.82) is 0 Å². The van der Waals surface area contributed by atoms with Gasteiger partial charge in [-0.2, -0.15) is 0 Å². The normalized spacial score (nSPS) is 11.3. The van der Waals surface area contributed by atoms with Crippen LogP contribution in [-0.2, 0) is 0 Å². The van der Waals surface area contributed by atoms with Gasteiger partial charge in [0.2, 0.25) is 0 Å². The van der Waals surface area contributed by atoms with Gasteiger partial charge in [0.15, 0.2) is 0 Å². The summed E-state index contributed by atoms with van der Waals surface area (Å²) in [5.41, 5.74) is 2.57. The van der Waals surface area contributed by atoms with Crippen molar-refractivity contribution in [1.82, 2.24) is 0 Å². The molecule has 0 amide bonds. The van der Waals surface area contributed by atoms with Gasteiger partial charge in [0.1, 0.15) is 0 Å². The Hall–Kier alpha value is -1.29. The number of rotatable bonds is 4. The van der Waals surface area contributed by atoms with Crippen LogP contribution in [0.1, 0.15) is 11.1 Å². The molecule has 0 aliphatic heterocycles. The van der Waals surface area contributed by atoms with Crippen LogP contribution in [-0.4, -0.2) is 20.9 Å². The van der Waals surface area contributed by atoms with Crippen LogP contribution in [0.2, 0.25) is 0 Å². The average molecular weight is 334 g/mol. The predicted octanol–water partition coefficient (Wildman–Crippen LogP) is 4.03. The van der Waals surface area contributed by atoms with E-state index in [-0.39, 0.29) is 20.9 Å². The van der Waals surface area contributed by atoms with Crippen molar-refractivity contribution in [2.45, 2.75) is 0 Å². The first kappa shape index (κ1) is 12.2. The average Bonchev–Trinajstić information content (AvgIpc) is 2.41. The second-order valence-corrected chi connectivity index (χ2v) is 5.89. The third kappa shape index (κ3) is 4.61. The first-order valence-electron chi connectivity index (χ1n) is 5.54. The minimum absolute atomic E-state index is 0.161. The third-order valence-electron chi connectivity index (χ3n) is 2.28. The number of hydrogen-bond acceptors (Lipinski definition) is 0. The first-order valence-corrected chi connectivity index (χ1v) is 8.23. The fourth-order valence-corrected chi connectivity index (χ4v) is 3.01. The standard InChI is InChI=1S/C16H14Te/c1-3-7-15(8-4-1)11-13-17-14-12-16-9-5-2-6-10-16/h1-14H/b13-11+,14-12+. The summed E-state index contributed by atoms with van der Waals surface area (Å²) in [5.74, 6) is 0. The van der Waals surface area contributed by atoms with Gasteiger partial charge in [-0.1, -0.05) is 0 Å². The Kier molecular flexibility index (Phi) is 5.10. The third-order valence-corrected chi connectivity index (χ3v) is 3.95. The molecular formula is C16H14Te. The van der Waals surface area contributed by atoms with E-state index in [9.17, 15) is 0 Å². The van der Waals surface area contributed by atoms with Crippen LogP contribution in [0.25, 0.3) is 12.2 Å². The first-order chi connectivity index (χ1) is 8.45. The van der Waals surface area contributed by atoms with Crippen molar-refractivity contribution in [3.05, 3.63) is 80.0 Å². The number of benzene rings is 2. The SMILES string of the molecule is C(=C\c1ccccc1)/[Te]/C=C/c1ccccc1. The topological polar surface area (TPSA) is 0 Å². The van der Waals surface area contributed by atoms with Crippen LogP contribution >= 0.6 is 0 Å². The molecule has 0 radical (unpaired) electrons.